The van der Waals surface area contributed by atoms with Gasteiger partial charge in [0.25, 0.3) is 0 Å². The number of aryl methyl sites for hydroxylation is 1. The fourth-order valence-corrected chi connectivity index (χ4v) is 6.10. The minimum absolute atomic E-state index is 0.170. The van der Waals surface area contributed by atoms with Crippen molar-refractivity contribution in [2.45, 2.75) is 24.7 Å². The van der Waals surface area contributed by atoms with Crippen LogP contribution in [0.1, 0.15) is 17.7 Å². The Labute approximate surface area is 196 Å². The Bertz CT molecular complexity index is 1230. The van der Waals surface area contributed by atoms with E-state index in [9.17, 15) is 17.6 Å². The number of benzene rings is 2. The quantitative estimate of drug-likeness (QED) is 0.558. The predicted octanol–water partition coefficient (Wildman–Crippen LogP) is 4.31. The number of anilines is 1. The number of ether oxygens (including phenoxy) is 1. The van der Waals surface area contributed by atoms with Crippen LogP contribution >= 0.6 is 11.3 Å². The third-order valence-corrected chi connectivity index (χ3v) is 8.47. The van der Waals surface area contributed by atoms with Crippen LogP contribution in [0, 0.1) is 18.7 Å². The first-order valence-electron chi connectivity index (χ1n) is 10.5. The minimum atomic E-state index is -3.62. The van der Waals surface area contributed by atoms with Crippen molar-refractivity contribution in [3.8, 4) is 17.0 Å². The second-order valence-corrected chi connectivity index (χ2v) is 10.9. The maximum Gasteiger partial charge on any atom is 0.243 e. The number of rotatable bonds is 6. The Kier molecular flexibility index (Phi) is 6.78. The van der Waals surface area contributed by atoms with Crippen molar-refractivity contribution < 1.29 is 22.3 Å². The zero-order valence-corrected chi connectivity index (χ0v) is 19.9. The molecule has 2 aromatic carbocycles. The smallest absolute Gasteiger partial charge is 0.243 e. The van der Waals surface area contributed by atoms with E-state index in [0.29, 0.717) is 29.4 Å². The molecule has 33 heavy (non-hydrogen) atoms. The van der Waals surface area contributed by atoms with Crippen molar-refractivity contribution in [1.82, 2.24) is 9.29 Å². The molecule has 10 heteroatoms. The number of amides is 1. The van der Waals surface area contributed by atoms with Gasteiger partial charge in [0.15, 0.2) is 5.13 Å². The second kappa shape index (κ2) is 9.58. The van der Waals surface area contributed by atoms with E-state index in [0.717, 1.165) is 10.4 Å². The van der Waals surface area contributed by atoms with Crippen LogP contribution in [0.4, 0.5) is 9.52 Å². The summed E-state index contributed by atoms with van der Waals surface area (Å²) in [6.07, 6.45) is 0.854. The Hall–Kier alpha value is -2.82. The summed E-state index contributed by atoms with van der Waals surface area (Å²) < 4.78 is 45.5. The molecular formula is C23H24FN3O4S2. The van der Waals surface area contributed by atoms with E-state index in [4.69, 9.17) is 4.74 Å². The number of piperidine rings is 1. The van der Waals surface area contributed by atoms with Gasteiger partial charge in [0.2, 0.25) is 15.9 Å². The van der Waals surface area contributed by atoms with Crippen molar-refractivity contribution in [2.75, 3.05) is 25.5 Å². The van der Waals surface area contributed by atoms with E-state index in [-0.39, 0.29) is 35.6 Å². The van der Waals surface area contributed by atoms with Crippen LogP contribution in [0.2, 0.25) is 0 Å². The number of nitrogens with one attached hydrogen (secondary N) is 1. The molecule has 0 aliphatic carbocycles. The van der Waals surface area contributed by atoms with Gasteiger partial charge in [-0.1, -0.05) is 0 Å². The van der Waals surface area contributed by atoms with E-state index >= 15 is 0 Å². The summed E-state index contributed by atoms with van der Waals surface area (Å²) in [5.41, 5.74) is 1.48. The molecule has 2 heterocycles. The highest BCUT2D eigenvalue weighted by Gasteiger charge is 2.32. The Morgan fingerprint density at radius 3 is 2.36 bits per heavy atom. The summed E-state index contributed by atoms with van der Waals surface area (Å²) in [5, 5.41) is 3.34. The number of hydrogen-bond acceptors (Lipinski definition) is 6. The van der Waals surface area contributed by atoms with Gasteiger partial charge in [0.1, 0.15) is 11.6 Å². The molecule has 1 amide bonds. The fourth-order valence-electron chi connectivity index (χ4n) is 3.79. The monoisotopic (exact) mass is 489 g/mol. The number of hydrogen-bond donors (Lipinski definition) is 1. The first-order chi connectivity index (χ1) is 15.8. The molecule has 0 atom stereocenters. The predicted molar refractivity (Wildman–Crippen MR) is 125 cm³/mol. The van der Waals surface area contributed by atoms with Gasteiger partial charge in [0.05, 0.1) is 17.7 Å². The van der Waals surface area contributed by atoms with Crippen molar-refractivity contribution in [3.63, 3.8) is 0 Å². The van der Waals surface area contributed by atoms with Gasteiger partial charge in [0, 0.05) is 29.4 Å². The molecule has 0 saturated carbocycles. The van der Waals surface area contributed by atoms with E-state index in [1.54, 1.807) is 24.3 Å². The summed E-state index contributed by atoms with van der Waals surface area (Å²) in [5.74, 6) is -0.202. The second-order valence-electron chi connectivity index (χ2n) is 7.77. The van der Waals surface area contributed by atoms with Gasteiger partial charge >= 0.3 is 0 Å². The lowest BCUT2D eigenvalue weighted by Crippen LogP contribution is -2.41. The lowest BCUT2D eigenvalue weighted by atomic mass is 9.97. The van der Waals surface area contributed by atoms with Gasteiger partial charge in [-0.3, -0.25) is 4.79 Å². The molecule has 4 rings (SSSR count). The number of nitrogens with zero attached hydrogens (tertiary/aromatic N) is 2. The number of aromatic nitrogens is 1. The SMILES string of the molecule is COc1ccc(S(=O)(=O)N2CCC(C(=O)Nc3nc(-c4ccc(F)cc4)c(C)s3)CC2)cc1. The molecule has 0 radical (unpaired) electrons. The fraction of sp³-hybridized carbons (Fsp3) is 0.304. The molecule has 3 aromatic rings. The molecule has 1 saturated heterocycles. The highest BCUT2D eigenvalue weighted by atomic mass is 32.2. The molecule has 0 bridgehead atoms. The normalized spacial score (nSPS) is 15.4. The number of halogens is 1. The zero-order valence-electron chi connectivity index (χ0n) is 18.2. The molecule has 1 fully saturated rings. The molecule has 0 unspecified atom stereocenters. The largest absolute Gasteiger partial charge is 0.497 e. The van der Waals surface area contributed by atoms with Gasteiger partial charge in [-0.2, -0.15) is 4.31 Å². The van der Waals surface area contributed by atoms with Crippen LogP contribution in [0.25, 0.3) is 11.3 Å². The number of carbonyl (C=O) groups is 1. The van der Waals surface area contributed by atoms with Crippen LogP contribution in [-0.2, 0) is 14.8 Å². The standard InChI is InChI=1S/C23H24FN3O4S2/c1-15-21(16-3-5-18(24)6-4-16)25-23(32-15)26-22(28)17-11-13-27(14-12-17)33(29,30)20-9-7-19(31-2)8-10-20/h3-10,17H,11-14H2,1-2H3,(H,25,26,28). The van der Waals surface area contributed by atoms with Crippen molar-refractivity contribution in [2.24, 2.45) is 5.92 Å². The minimum Gasteiger partial charge on any atom is -0.497 e. The van der Waals surface area contributed by atoms with Crippen molar-refractivity contribution in [1.29, 1.82) is 0 Å². The molecule has 1 aliphatic rings. The number of sulfonamides is 1. The topological polar surface area (TPSA) is 88.6 Å². The lowest BCUT2D eigenvalue weighted by molar-refractivity contribution is -0.120. The van der Waals surface area contributed by atoms with Gasteiger partial charge in [-0.05, 0) is 68.3 Å². The molecule has 1 aromatic heterocycles. The maximum atomic E-state index is 13.2. The summed E-state index contributed by atoms with van der Waals surface area (Å²) in [7, 11) is -2.10. The number of methoxy groups -OCH3 is 1. The van der Waals surface area contributed by atoms with Crippen LogP contribution in [0.15, 0.2) is 53.4 Å². The third kappa shape index (κ3) is 5.07. The third-order valence-electron chi connectivity index (χ3n) is 5.67. The molecule has 174 valence electrons. The number of thiazole rings is 1. The Morgan fingerprint density at radius 1 is 1.12 bits per heavy atom. The van der Waals surface area contributed by atoms with E-state index in [1.165, 1.54) is 47.0 Å². The van der Waals surface area contributed by atoms with Gasteiger partial charge in [-0.15, -0.1) is 11.3 Å². The lowest BCUT2D eigenvalue weighted by Gasteiger charge is -2.30. The molecule has 1 aliphatic heterocycles. The van der Waals surface area contributed by atoms with Crippen LogP contribution < -0.4 is 10.1 Å². The van der Waals surface area contributed by atoms with E-state index in [2.05, 4.69) is 10.3 Å². The highest BCUT2D eigenvalue weighted by Crippen LogP contribution is 2.32. The van der Waals surface area contributed by atoms with E-state index < -0.39 is 10.0 Å². The first-order valence-corrected chi connectivity index (χ1v) is 12.7. The van der Waals surface area contributed by atoms with Crippen LogP contribution in [0.3, 0.4) is 0 Å². The average molecular weight is 490 g/mol. The van der Waals surface area contributed by atoms with Gasteiger partial charge in [-0.25, -0.2) is 17.8 Å². The first kappa shape index (κ1) is 23.3. The molecule has 0 spiro atoms. The Morgan fingerprint density at radius 2 is 1.76 bits per heavy atom. The molecular weight excluding hydrogens is 465 g/mol. The van der Waals surface area contributed by atoms with E-state index in [1.807, 2.05) is 6.92 Å². The maximum absolute atomic E-state index is 13.2. The molecule has 7 nitrogen and oxygen atoms in total. The van der Waals surface area contributed by atoms with Gasteiger partial charge < -0.3 is 10.1 Å². The summed E-state index contributed by atoms with van der Waals surface area (Å²) in [6.45, 7) is 2.43. The summed E-state index contributed by atoms with van der Waals surface area (Å²) >= 11 is 1.36. The zero-order chi connectivity index (χ0) is 23.6. The van der Waals surface area contributed by atoms with Crippen molar-refractivity contribution >= 4 is 32.4 Å². The van der Waals surface area contributed by atoms with Crippen molar-refractivity contribution in [3.05, 3.63) is 59.2 Å². The highest BCUT2D eigenvalue weighted by molar-refractivity contribution is 7.89. The summed E-state index contributed by atoms with van der Waals surface area (Å²) in [4.78, 5) is 18.4. The van der Waals surface area contributed by atoms with Crippen LogP contribution in [-0.4, -0.2) is 43.8 Å². The van der Waals surface area contributed by atoms with Crippen LogP contribution in [0.5, 0.6) is 5.75 Å². The average Bonchev–Trinajstić information content (AvgIpc) is 3.19. The Balaban J connectivity index is 1.37. The number of carbonyl (C=O) groups excluding carboxylic acids is 1. The summed E-state index contributed by atoms with van der Waals surface area (Å²) in [6, 6.07) is 12.3. The molecule has 1 N–H and O–H groups in total.